The van der Waals surface area contributed by atoms with Crippen LogP contribution in [0.25, 0.3) is 11.3 Å². The average molecular weight is 303 g/mol. The summed E-state index contributed by atoms with van der Waals surface area (Å²) in [4.78, 5) is 11.6. The van der Waals surface area contributed by atoms with Crippen molar-refractivity contribution >= 4 is 17.2 Å². The summed E-state index contributed by atoms with van der Waals surface area (Å²) in [7, 11) is 0. The van der Waals surface area contributed by atoms with Gasteiger partial charge in [0.2, 0.25) is 0 Å². The molecule has 1 aromatic carbocycles. The van der Waals surface area contributed by atoms with Gasteiger partial charge in [0.25, 0.3) is 5.56 Å². The number of benzene rings is 1. The lowest BCUT2D eigenvalue weighted by molar-refractivity contribution is 0.271. The number of nitrogens with two attached hydrogens (primary N) is 1. The van der Waals surface area contributed by atoms with Gasteiger partial charge in [0.05, 0.1) is 17.9 Å². The predicted molar refractivity (Wildman–Crippen MR) is 86.5 cm³/mol. The quantitative estimate of drug-likeness (QED) is 0.827. The van der Waals surface area contributed by atoms with E-state index in [2.05, 4.69) is 24.0 Å². The third-order valence-corrected chi connectivity index (χ3v) is 3.02. The molecule has 0 aliphatic rings. The molecule has 110 valence electrons. The molecule has 3 N–H and O–H groups in total. The van der Waals surface area contributed by atoms with Crippen molar-refractivity contribution in [2.45, 2.75) is 13.8 Å². The Kier molecular flexibility index (Phi) is 4.70. The number of ether oxygens (including phenoxy) is 1. The molecule has 5 nitrogen and oxygen atoms in total. The highest BCUT2D eigenvalue weighted by atomic mass is 32.1. The van der Waals surface area contributed by atoms with Gasteiger partial charge >= 0.3 is 0 Å². The molecule has 0 fully saturated rings. The lowest BCUT2D eigenvalue weighted by Gasteiger charge is -2.09. The van der Waals surface area contributed by atoms with Gasteiger partial charge in [-0.15, -0.1) is 0 Å². The van der Waals surface area contributed by atoms with Crippen molar-refractivity contribution in [2.75, 3.05) is 6.61 Å². The number of hydrogen-bond donors (Lipinski definition) is 2. The number of hydrogen-bond acceptors (Lipinski definition) is 4. The SMILES string of the molecule is CC(C)COc1ccc(-c2cc(C(N)=S)c(=O)[nH]n2)cc1. The summed E-state index contributed by atoms with van der Waals surface area (Å²) in [5, 5.41) is 6.40. The van der Waals surface area contributed by atoms with E-state index < -0.39 is 0 Å². The van der Waals surface area contributed by atoms with Crippen LogP contribution in [0.4, 0.5) is 0 Å². The number of thiocarbonyl (C=S) groups is 1. The number of nitrogens with one attached hydrogen (secondary N) is 1. The molecule has 0 unspecified atom stereocenters. The summed E-state index contributed by atoms with van der Waals surface area (Å²) in [6.45, 7) is 4.85. The smallest absolute Gasteiger partial charge is 0.274 e. The molecule has 0 radical (unpaired) electrons. The molecule has 0 saturated heterocycles. The summed E-state index contributed by atoms with van der Waals surface area (Å²) in [6, 6.07) is 9.07. The van der Waals surface area contributed by atoms with Crippen LogP contribution in [0.3, 0.4) is 0 Å². The minimum Gasteiger partial charge on any atom is -0.493 e. The van der Waals surface area contributed by atoms with E-state index in [1.807, 2.05) is 24.3 Å². The molecule has 1 aromatic heterocycles. The molecular formula is C15H17N3O2S. The van der Waals surface area contributed by atoms with E-state index in [0.717, 1.165) is 11.3 Å². The minimum atomic E-state index is -0.386. The normalized spacial score (nSPS) is 10.6. The first-order valence-corrected chi connectivity index (χ1v) is 7.01. The van der Waals surface area contributed by atoms with Gasteiger partial charge in [-0.3, -0.25) is 4.79 Å². The standard InChI is InChI=1S/C15H17N3O2S/c1-9(2)8-20-11-5-3-10(4-6-11)13-7-12(14(16)21)15(19)18-17-13/h3-7,9H,8H2,1-2H3,(H2,16,21)(H,18,19). The fraction of sp³-hybridized carbons (Fsp3) is 0.267. The van der Waals surface area contributed by atoms with Gasteiger partial charge in [-0.05, 0) is 36.2 Å². The van der Waals surface area contributed by atoms with Crippen molar-refractivity contribution in [1.29, 1.82) is 0 Å². The van der Waals surface area contributed by atoms with Gasteiger partial charge in [-0.2, -0.15) is 5.10 Å². The Morgan fingerprint density at radius 2 is 2.05 bits per heavy atom. The molecular weight excluding hydrogens is 286 g/mol. The van der Waals surface area contributed by atoms with Crippen molar-refractivity contribution in [3.8, 4) is 17.0 Å². The number of rotatable bonds is 5. The Morgan fingerprint density at radius 3 is 2.62 bits per heavy atom. The molecule has 1 heterocycles. The van der Waals surface area contributed by atoms with Crippen LogP contribution in [0.5, 0.6) is 5.75 Å². The van der Waals surface area contributed by atoms with Crippen LogP contribution in [0.2, 0.25) is 0 Å². The zero-order valence-corrected chi connectivity index (χ0v) is 12.7. The van der Waals surface area contributed by atoms with Gasteiger partial charge in [0.1, 0.15) is 10.7 Å². The van der Waals surface area contributed by atoms with Crippen molar-refractivity contribution in [3.63, 3.8) is 0 Å². The Bertz CT molecular complexity index is 693. The highest BCUT2D eigenvalue weighted by Crippen LogP contribution is 2.20. The Labute approximate surface area is 128 Å². The second-order valence-corrected chi connectivity index (χ2v) is 5.53. The summed E-state index contributed by atoms with van der Waals surface area (Å²) >= 11 is 4.85. The molecule has 0 aliphatic carbocycles. The van der Waals surface area contributed by atoms with Gasteiger partial charge in [-0.1, -0.05) is 26.1 Å². The van der Waals surface area contributed by atoms with Crippen LogP contribution in [0.15, 0.2) is 35.1 Å². The molecule has 0 spiro atoms. The van der Waals surface area contributed by atoms with Crippen LogP contribution in [0.1, 0.15) is 19.4 Å². The topological polar surface area (TPSA) is 81.0 Å². The highest BCUT2D eigenvalue weighted by molar-refractivity contribution is 7.80. The number of aromatic amines is 1. The maximum Gasteiger partial charge on any atom is 0.274 e. The van der Waals surface area contributed by atoms with Crippen LogP contribution < -0.4 is 16.0 Å². The van der Waals surface area contributed by atoms with Crippen molar-refractivity contribution < 1.29 is 4.74 Å². The summed E-state index contributed by atoms with van der Waals surface area (Å²) in [5.74, 6) is 1.27. The monoisotopic (exact) mass is 303 g/mol. The Morgan fingerprint density at radius 1 is 1.38 bits per heavy atom. The van der Waals surface area contributed by atoms with E-state index in [9.17, 15) is 4.79 Å². The highest BCUT2D eigenvalue weighted by Gasteiger charge is 2.07. The summed E-state index contributed by atoms with van der Waals surface area (Å²) < 4.78 is 5.62. The first kappa shape index (κ1) is 15.2. The lowest BCUT2D eigenvalue weighted by atomic mass is 10.1. The van der Waals surface area contributed by atoms with Crippen molar-refractivity contribution in [3.05, 3.63) is 46.2 Å². The first-order chi connectivity index (χ1) is 9.97. The van der Waals surface area contributed by atoms with Gasteiger partial charge in [0, 0.05) is 5.56 Å². The second kappa shape index (κ2) is 6.49. The molecule has 6 heteroatoms. The minimum absolute atomic E-state index is 0.0526. The molecule has 21 heavy (non-hydrogen) atoms. The Hall–Kier alpha value is -2.21. The average Bonchev–Trinajstić information content (AvgIpc) is 2.46. The van der Waals surface area contributed by atoms with Gasteiger partial charge in [-0.25, -0.2) is 5.10 Å². The van der Waals surface area contributed by atoms with Crippen LogP contribution in [-0.4, -0.2) is 21.8 Å². The van der Waals surface area contributed by atoms with Crippen molar-refractivity contribution in [1.82, 2.24) is 10.2 Å². The largest absolute Gasteiger partial charge is 0.493 e. The third-order valence-electron chi connectivity index (χ3n) is 2.80. The lowest BCUT2D eigenvalue weighted by Crippen LogP contribution is -2.23. The van der Waals surface area contributed by atoms with E-state index in [0.29, 0.717) is 18.2 Å². The first-order valence-electron chi connectivity index (χ1n) is 6.60. The molecule has 0 atom stereocenters. The molecule has 0 saturated carbocycles. The van der Waals surface area contributed by atoms with E-state index in [4.69, 9.17) is 22.7 Å². The van der Waals surface area contributed by atoms with Gasteiger partial charge < -0.3 is 10.5 Å². The Balaban J connectivity index is 2.24. The summed E-state index contributed by atoms with van der Waals surface area (Å²) in [5.41, 5.74) is 6.84. The van der Waals surface area contributed by atoms with Crippen LogP contribution in [0, 0.1) is 5.92 Å². The molecule has 0 amide bonds. The fourth-order valence-electron chi connectivity index (χ4n) is 1.72. The van der Waals surface area contributed by atoms with E-state index in [1.165, 1.54) is 0 Å². The van der Waals surface area contributed by atoms with Crippen molar-refractivity contribution in [2.24, 2.45) is 11.7 Å². The molecule has 2 aromatic rings. The van der Waals surface area contributed by atoms with E-state index in [1.54, 1.807) is 6.07 Å². The van der Waals surface area contributed by atoms with E-state index in [-0.39, 0.29) is 16.1 Å². The van der Waals surface area contributed by atoms with Crippen LogP contribution >= 0.6 is 12.2 Å². The number of nitrogens with zero attached hydrogens (tertiary/aromatic N) is 1. The third kappa shape index (κ3) is 3.88. The molecule has 0 bridgehead atoms. The predicted octanol–water partition coefficient (Wildman–Crippen LogP) is 2.11. The van der Waals surface area contributed by atoms with Gasteiger partial charge in [0.15, 0.2) is 0 Å². The zero-order valence-electron chi connectivity index (χ0n) is 11.9. The molecule has 0 aliphatic heterocycles. The zero-order chi connectivity index (χ0) is 15.4. The number of aromatic nitrogens is 2. The summed E-state index contributed by atoms with van der Waals surface area (Å²) in [6.07, 6.45) is 0. The van der Waals surface area contributed by atoms with Crippen LogP contribution in [-0.2, 0) is 0 Å². The fourth-order valence-corrected chi connectivity index (χ4v) is 1.87. The molecule has 2 rings (SSSR count). The maximum atomic E-state index is 11.5. The number of H-pyrrole nitrogens is 1. The second-order valence-electron chi connectivity index (χ2n) is 5.09. The van der Waals surface area contributed by atoms with E-state index >= 15 is 0 Å². The maximum absolute atomic E-state index is 11.5.